The van der Waals surface area contributed by atoms with Gasteiger partial charge in [0.05, 0.1) is 21.4 Å². The van der Waals surface area contributed by atoms with Crippen molar-refractivity contribution in [1.29, 1.82) is 5.26 Å². The molecule has 0 amide bonds. The molecule has 0 spiro atoms. The Morgan fingerprint density at radius 2 is 1.90 bits per heavy atom. The van der Waals surface area contributed by atoms with E-state index in [1.54, 1.807) is 31.4 Å². The molecule has 0 bridgehead atoms. The van der Waals surface area contributed by atoms with Gasteiger partial charge < -0.3 is 9.47 Å². The molecule has 1 aromatic rings. The molecule has 106 valence electrons. The molecule has 0 unspecified atom stereocenters. The van der Waals surface area contributed by atoms with E-state index in [0.29, 0.717) is 6.23 Å². The summed E-state index contributed by atoms with van der Waals surface area (Å²) in [5.74, 6) is 0.160. The normalized spacial score (nSPS) is 11.7. The average Bonchev–Trinajstić information content (AvgIpc) is 2.42. The number of carbonyl (C=O) groups excluding carboxylic acids is 1. The zero-order valence-corrected chi connectivity index (χ0v) is 13.3. The molecule has 1 rings (SSSR count). The molecule has 0 aliphatic rings. The Kier molecular flexibility index (Phi) is 5.53. The van der Waals surface area contributed by atoms with Crippen LogP contribution in [0.2, 0.25) is 19.6 Å². The lowest BCUT2D eigenvalue weighted by Crippen LogP contribution is -2.30. The molecule has 5 heteroatoms. The van der Waals surface area contributed by atoms with E-state index < -0.39 is 14.0 Å². The van der Waals surface area contributed by atoms with Crippen LogP contribution in [0.25, 0.3) is 6.08 Å². The quantitative estimate of drug-likeness (QED) is 0.362. The Bertz CT molecular complexity index is 536. The maximum Gasteiger partial charge on any atom is 0.348 e. The Labute approximate surface area is 120 Å². The molecule has 0 N–H and O–H groups in total. The topological polar surface area (TPSA) is 59.3 Å². The van der Waals surface area contributed by atoms with Gasteiger partial charge in [-0.25, -0.2) is 4.79 Å². The van der Waals surface area contributed by atoms with Crippen molar-refractivity contribution in [2.45, 2.75) is 19.6 Å². The number of hydrogen-bond donors (Lipinski definition) is 0. The van der Waals surface area contributed by atoms with Crippen LogP contribution in [0.3, 0.4) is 0 Å². The number of hydrogen-bond acceptors (Lipinski definition) is 4. The molecule has 0 atom stereocenters. The van der Waals surface area contributed by atoms with Crippen molar-refractivity contribution in [3.63, 3.8) is 0 Å². The van der Waals surface area contributed by atoms with Crippen molar-refractivity contribution in [3.8, 4) is 11.8 Å². The first-order valence-electron chi connectivity index (χ1n) is 6.29. The van der Waals surface area contributed by atoms with Gasteiger partial charge in [0.15, 0.2) is 0 Å². The lowest BCUT2D eigenvalue weighted by molar-refractivity contribution is -0.136. The molecule has 20 heavy (non-hydrogen) atoms. The second-order valence-corrected chi connectivity index (χ2v) is 11.0. The van der Waals surface area contributed by atoms with E-state index in [1.165, 1.54) is 6.08 Å². The number of methoxy groups -OCH3 is 1. The maximum atomic E-state index is 11.8. The summed E-state index contributed by atoms with van der Waals surface area (Å²) in [7, 11) is 0.103. The summed E-state index contributed by atoms with van der Waals surface area (Å²) in [4.78, 5) is 11.8. The van der Waals surface area contributed by atoms with Crippen LogP contribution >= 0.6 is 0 Å². The third-order valence-electron chi connectivity index (χ3n) is 2.40. The second-order valence-electron chi connectivity index (χ2n) is 5.58. The first kappa shape index (κ1) is 16.0. The molecule has 0 saturated carbocycles. The second kappa shape index (κ2) is 6.92. The zero-order valence-electron chi connectivity index (χ0n) is 12.3. The summed E-state index contributed by atoms with van der Waals surface area (Å²) < 4.78 is 10.2. The highest BCUT2D eigenvalue weighted by Gasteiger charge is 2.18. The fourth-order valence-electron chi connectivity index (χ4n) is 1.36. The molecule has 0 fully saturated rings. The van der Waals surface area contributed by atoms with Crippen LogP contribution in [-0.4, -0.2) is 27.4 Å². The molecular weight excluding hydrogens is 270 g/mol. The number of nitriles is 1. The van der Waals surface area contributed by atoms with Gasteiger partial charge in [-0.1, -0.05) is 31.8 Å². The van der Waals surface area contributed by atoms with Gasteiger partial charge in [-0.05, 0) is 23.8 Å². The minimum atomic E-state index is -1.48. The fraction of sp³-hybridized carbons (Fsp3) is 0.333. The van der Waals surface area contributed by atoms with Gasteiger partial charge in [0.1, 0.15) is 17.4 Å². The minimum absolute atomic E-state index is 0.00779. The summed E-state index contributed by atoms with van der Waals surface area (Å²) in [6.45, 7) is 6.29. The van der Waals surface area contributed by atoms with E-state index >= 15 is 0 Å². The van der Waals surface area contributed by atoms with Crippen molar-refractivity contribution in [1.82, 2.24) is 0 Å². The minimum Gasteiger partial charge on any atom is -0.497 e. The number of carbonyl (C=O) groups is 1. The van der Waals surface area contributed by atoms with E-state index in [4.69, 9.17) is 14.7 Å². The molecule has 0 radical (unpaired) electrons. The Morgan fingerprint density at radius 3 is 2.35 bits per heavy atom. The molecular formula is C15H19NO3Si. The average molecular weight is 289 g/mol. The van der Waals surface area contributed by atoms with Gasteiger partial charge in [0.25, 0.3) is 0 Å². The van der Waals surface area contributed by atoms with Gasteiger partial charge in [-0.15, -0.1) is 0 Å². The van der Waals surface area contributed by atoms with Crippen molar-refractivity contribution < 1.29 is 14.3 Å². The van der Waals surface area contributed by atoms with E-state index in [2.05, 4.69) is 19.6 Å². The van der Waals surface area contributed by atoms with Crippen molar-refractivity contribution in [2.75, 3.05) is 13.3 Å². The van der Waals surface area contributed by atoms with Gasteiger partial charge in [-0.3, -0.25) is 0 Å². The molecule has 0 saturated heterocycles. The zero-order chi connectivity index (χ0) is 15.2. The molecule has 1 aromatic carbocycles. The fourth-order valence-corrected chi connectivity index (χ4v) is 1.93. The highest BCUT2D eigenvalue weighted by molar-refractivity contribution is 6.76. The molecule has 0 aliphatic carbocycles. The van der Waals surface area contributed by atoms with E-state index in [1.807, 2.05) is 6.07 Å². The monoisotopic (exact) mass is 289 g/mol. The standard InChI is InChI=1S/C15H19NO3Si/c1-18-14-7-5-12(6-8-14)9-13(10-16)15(17)19-11-20(2,3)4/h5-9H,11H2,1-4H3/b13-9+. The lowest BCUT2D eigenvalue weighted by Gasteiger charge is -2.15. The maximum absolute atomic E-state index is 11.8. The number of ether oxygens (including phenoxy) is 2. The first-order chi connectivity index (χ1) is 9.35. The van der Waals surface area contributed by atoms with E-state index in [0.717, 1.165) is 11.3 Å². The van der Waals surface area contributed by atoms with Gasteiger partial charge in [0, 0.05) is 0 Å². The van der Waals surface area contributed by atoms with Crippen LogP contribution in [0.15, 0.2) is 29.8 Å². The molecule has 0 aromatic heterocycles. The smallest absolute Gasteiger partial charge is 0.348 e. The van der Waals surface area contributed by atoms with Crippen molar-refractivity contribution in [2.24, 2.45) is 0 Å². The van der Waals surface area contributed by atoms with Gasteiger partial charge >= 0.3 is 5.97 Å². The molecule has 4 nitrogen and oxygen atoms in total. The summed E-state index contributed by atoms with van der Waals surface area (Å²) in [6.07, 6.45) is 1.93. The Balaban J connectivity index is 2.81. The molecule has 0 aliphatic heterocycles. The van der Waals surface area contributed by atoms with Crippen molar-refractivity contribution >= 4 is 20.1 Å². The van der Waals surface area contributed by atoms with Crippen LogP contribution < -0.4 is 4.74 Å². The van der Waals surface area contributed by atoms with Crippen LogP contribution in [0.1, 0.15) is 5.56 Å². The highest BCUT2D eigenvalue weighted by Crippen LogP contribution is 2.14. The lowest BCUT2D eigenvalue weighted by atomic mass is 10.1. The summed E-state index contributed by atoms with van der Waals surface area (Å²) >= 11 is 0. The number of esters is 1. The highest BCUT2D eigenvalue weighted by atomic mass is 28.3. The van der Waals surface area contributed by atoms with Crippen LogP contribution in [0.5, 0.6) is 5.75 Å². The SMILES string of the molecule is COc1ccc(/C=C(\C#N)C(=O)OC[Si](C)(C)C)cc1. The summed E-state index contributed by atoms with van der Waals surface area (Å²) in [6, 6.07) is 8.99. The number of benzene rings is 1. The van der Waals surface area contributed by atoms with Crippen LogP contribution in [0.4, 0.5) is 0 Å². The van der Waals surface area contributed by atoms with Crippen LogP contribution in [-0.2, 0) is 9.53 Å². The van der Waals surface area contributed by atoms with Crippen molar-refractivity contribution in [3.05, 3.63) is 35.4 Å². The predicted molar refractivity (Wildman–Crippen MR) is 80.9 cm³/mol. The van der Waals surface area contributed by atoms with E-state index in [-0.39, 0.29) is 5.57 Å². The first-order valence-corrected chi connectivity index (χ1v) is 9.99. The summed E-state index contributed by atoms with van der Waals surface area (Å²) in [5.41, 5.74) is 0.765. The largest absolute Gasteiger partial charge is 0.497 e. The third kappa shape index (κ3) is 5.29. The number of rotatable bonds is 5. The Hall–Kier alpha value is -2.06. The molecule has 0 heterocycles. The third-order valence-corrected chi connectivity index (χ3v) is 3.41. The predicted octanol–water partition coefficient (Wildman–Crippen LogP) is 3.02. The van der Waals surface area contributed by atoms with E-state index in [9.17, 15) is 4.79 Å². The van der Waals surface area contributed by atoms with Crippen LogP contribution in [0, 0.1) is 11.3 Å². The number of nitrogens with zero attached hydrogens (tertiary/aromatic N) is 1. The van der Waals surface area contributed by atoms with Gasteiger partial charge in [-0.2, -0.15) is 5.26 Å². The summed E-state index contributed by atoms with van der Waals surface area (Å²) in [5, 5.41) is 9.06. The Morgan fingerprint density at radius 1 is 1.30 bits per heavy atom. The van der Waals surface area contributed by atoms with Gasteiger partial charge in [0.2, 0.25) is 0 Å².